The van der Waals surface area contributed by atoms with Gasteiger partial charge in [-0.3, -0.25) is 4.79 Å². The second kappa shape index (κ2) is 9.05. The molecule has 0 aromatic heterocycles. The molecule has 0 heterocycles. The van der Waals surface area contributed by atoms with Gasteiger partial charge in [-0.2, -0.15) is 5.10 Å². The van der Waals surface area contributed by atoms with Crippen LogP contribution in [0.1, 0.15) is 27.0 Å². The molecule has 0 aliphatic carbocycles. The molecule has 4 aromatic rings. The molecule has 4 rings (SSSR count). The quantitative estimate of drug-likeness (QED) is 0.347. The van der Waals surface area contributed by atoms with Crippen molar-refractivity contribution in [2.24, 2.45) is 5.10 Å². The molecule has 0 saturated carbocycles. The normalized spacial score (nSPS) is 11.0. The Hall–Kier alpha value is -3.92. The van der Waals surface area contributed by atoms with E-state index in [1.165, 1.54) is 10.8 Å². The molecule has 1 N–H and O–H groups in total. The summed E-state index contributed by atoms with van der Waals surface area (Å²) in [5, 5.41) is 6.47. The zero-order valence-corrected chi connectivity index (χ0v) is 16.7. The van der Waals surface area contributed by atoms with Crippen LogP contribution in [0.25, 0.3) is 10.8 Å². The topological polar surface area (TPSA) is 50.7 Å². The summed E-state index contributed by atoms with van der Waals surface area (Å²) < 4.78 is 6.00. The average molecular weight is 394 g/mol. The highest BCUT2D eigenvalue weighted by atomic mass is 16.5. The zero-order chi connectivity index (χ0) is 20.8. The third kappa shape index (κ3) is 4.55. The minimum absolute atomic E-state index is 0.229. The SMILES string of the molecule is Cc1ccccc1C(=O)N/N=C\c1cccc(OCc2cccc3ccccc23)c1. The monoisotopic (exact) mass is 394 g/mol. The highest BCUT2D eigenvalue weighted by Crippen LogP contribution is 2.21. The number of nitrogens with one attached hydrogen (secondary N) is 1. The molecular formula is C26H22N2O2. The van der Waals surface area contributed by atoms with Crippen molar-refractivity contribution in [3.8, 4) is 5.75 Å². The number of amides is 1. The van der Waals surface area contributed by atoms with Crippen molar-refractivity contribution in [2.45, 2.75) is 13.5 Å². The lowest BCUT2D eigenvalue weighted by Gasteiger charge is -2.09. The van der Waals surface area contributed by atoms with Gasteiger partial charge in [0.2, 0.25) is 0 Å². The van der Waals surface area contributed by atoms with Crippen LogP contribution < -0.4 is 10.2 Å². The van der Waals surface area contributed by atoms with Crippen LogP contribution in [-0.4, -0.2) is 12.1 Å². The summed E-state index contributed by atoms with van der Waals surface area (Å²) in [5.41, 5.74) is 6.08. The Balaban J connectivity index is 1.41. The first-order valence-corrected chi connectivity index (χ1v) is 9.79. The summed E-state index contributed by atoms with van der Waals surface area (Å²) in [6.45, 7) is 2.38. The predicted octanol–water partition coefficient (Wildman–Crippen LogP) is 5.49. The number of carbonyl (C=O) groups excluding carboxylic acids is 1. The zero-order valence-electron chi connectivity index (χ0n) is 16.7. The molecule has 4 aromatic carbocycles. The van der Waals surface area contributed by atoms with Gasteiger partial charge < -0.3 is 4.74 Å². The van der Waals surface area contributed by atoms with Gasteiger partial charge in [0.05, 0.1) is 6.21 Å². The van der Waals surface area contributed by atoms with E-state index in [4.69, 9.17) is 4.74 Å². The predicted molar refractivity (Wildman–Crippen MR) is 121 cm³/mol. The summed E-state index contributed by atoms with van der Waals surface area (Å²) >= 11 is 0. The molecule has 30 heavy (non-hydrogen) atoms. The maximum atomic E-state index is 12.2. The average Bonchev–Trinajstić information content (AvgIpc) is 2.78. The molecule has 0 spiro atoms. The van der Waals surface area contributed by atoms with Gasteiger partial charge in [-0.25, -0.2) is 5.43 Å². The highest BCUT2D eigenvalue weighted by Gasteiger charge is 2.06. The van der Waals surface area contributed by atoms with Crippen molar-refractivity contribution in [3.63, 3.8) is 0 Å². The van der Waals surface area contributed by atoms with Crippen LogP contribution >= 0.6 is 0 Å². The van der Waals surface area contributed by atoms with Gasteiger partial charge >= 0.3 is 0 Å². The Kier molecular flexibility index (Phi) is 5.85. The minimum atomic E-state index is -0.229. The molecule has 0 aliphatic rings. The van der Waals surface area contributed by atoms with Crippen molar-refractivity contribution in [3.05, 3.63) is 113 Å². The molecule has 0 fully saturated rings. The van der Waals surface area contributed by atoms with Crippen LogP contribution in [0, 0.1) is 6.92 Å². The molecule has 4 heteroatoms. The number of aryl methyl sites for hydroxylation is 1. The van der Waals surface area contributed by atoms with Gasteiger partial charge in [0.15, 0.2) is 0 Å². The smallest absolute Gasteiger partial charge is 0.271 e. The van der Waals surface area contributed by atoms with Crippen LogP contribution in [-0.2, 0) is 6.61 Å². The van der Waals surface area contributed by atoms with Crippen LogP contribution in [0.3, 0.4) is 0 Å². The minimum Gasteiger partial charge on any atom is -0.489 e. The Morgan fingerprint density at radius 3 is 2.60 bits per heavy atom. The fourth-order valence-electron chi connectivity index (χ4n) is 3.32. The van der Waals surface area contributed by atoms with E-state index in [9.17, 15) is 4.79 Å². The number of fused-ring (bicyclic) bond motifs is 1. The molecule has 0 saturated heterocycles. The number of hydrazone groups is 1. The first kappa shape index (κ1) is 19.4. The van der Waals surface area contributed by atoms with Gasteiger partial charge in [-0.1, -0.05) is 72.8 Å². The van der Waals surface area contributed by atoms with Gasteiger partial charge in [-0.15, -0.1) is 0 Å². The highest BCUT2D eigenvalue weighted by molar-refractivity contribution is 5.96. The van der Waals surface area contributed by atoms with Crippen LogP contribution in [0.15, 0.2) is 96.1 Å². The summed E-state index contributed by atoms with van der Waals surface area (Å²) in [6.07, 6.45) is 1.61. The summed E-state index contributed by atoms with van der Waals surface area (Å²) in [5.74, 6) is 0.518. The fraction of sp³-hybridized carbons (Fsp3) is 0.0769. The number of hydrogen-bond donors (Lipinski definition) is 1. The maximum absolute atomic E-state index is 12.2. The lowest BCUT2D eigenvalue weighted by atomic mass is 10.1. The summed E-state index contributed by atoms with van der Waals surface area (Å²) in [7, 11) is 0. The molecule has 0 radical (unpaired) electrons. The molecule has 4 nitrogen and oxygen atoms in total. The van der Waals surface area contributed by atoms with Gasteiger partial charge in [0.25, 0.3) is 5.91 Å². The Morgan fingerprint density at radius 1 is 0.933 bits per heavy atom. The van der Waals surface area contributed by atoms with Crippen LogP contribution in [0.2, 0.25) is 0 Å². The standard InChI is InChI=1S/C26H22N2O2/c1-19-8-2-4-14-24(19)26(29)28-27-17-20-9-6-13-23(16-20)30-18-22-12-7-11-21-10-3-5-15-25(21)22/h2-17H,18H2,1H3,(H,28,29)/b27-17-. The van der Waals surface area contributed by atoms with E-state index in [1.54, 1.807) is 12.3 Å². The number of nitrogens with zero attached hydrogens (tertiary/aromatic N) is 1. The number of rotatable bonds is 6. The van der Waals surface area contributed by atoms with Crippen LogP contribution in [0.5, 0.6) is 5.75 Å². The van der Waals surface area contributed by atoms with E-state index in [0.29, 0.717) is 12.2 Å². The molecule has 148 valence electrons. The summed E-state index contributed by atoms with van der Waals surface area (Å²) in [4.78, 5) is 12.2. The second-order valence-electron chi connectivity index (χ2n) is 7.01. The van der Waals surface area contributed by atoms with E-state index >= 15 is 0 Å². The number of ether oxygens (including phenoxy) is 1. The van der Waals surface area contributed by atoms with Crippen molar-refractivity contribution in [1.82, 2.24) is 5.43 Å². The molecule has 0 aliphatic heterocycles. The van der Waals surface area contributed by atoms with Gasteiger partial charge in [0.1, 0.15) is 12.4 Å². The largest absolute Gasteiger partial charge is 0.489 e. The second-order valence-corrected chi connectivity index (χ2v) is 7.01. The van der Waals surface area contributed by atoms with Crippen LogP contribution in [0.4, 0.5) is 0 Å². The lowest BCUT2D eigenvalue weighted by Crippen LogP contribution is -2.18. The van der Waals surface area contributed by atoms with Crippen molar-refractivity contribution < 1.29 is 9.53 Å². The Labute approximate surface area is 175 Å². The number of carbonyl (C=O) groups is 1. The Morgan fingerprint density at radius 2 is 1.70 bits per heavy atom. The van der Waals surface area contributed by atoms with Gasteiger partial charge in [-0.05, 0) is 52.6 Å². The maximum Gasteiger partial charge on any atom is 0.271 e. The molecule has 0 bridgehead atoms. The molecular weight excluding hydrogens is 372 g/mol. The number of hydrogen-bond acceptors (Lipinski definition) is 3. The van der Waals surface area contributed by atoms with E-state index in [2.05, 4.69) is 34.8 Å². The van der Waals surface area contributed by atoms with Crippen molar-refractivity contribution in [2.75, 3.05) is 0 Å². The first-order valence-electron chi connectivity index (χ1n) is 9.79. The van der Waals surface area contributed by atoms with E-state index in [-0.39, 0.29) is 5.91 Å². The lowest BCUT2D eigenvalue weighted by molar-refractivity contribution is 0.0954. The van der Waals surface area contributed by atoms with Crippen molar-refractivity contribution in [1.29, 1.82) is 0 Å². The first-order chi connectivity index (χ1) is 14.7. The third-order valence-electron chi connectivity index (χ3n) is 4.90. The molecule has 0 unspecified atom stereocenters. The van der Waals surface area contributed by atoms with E-state index in [0.717, 1.165) is 22.4 Å². The summed E-state index contributed by atoms with van der Waals surface area (Å²) in [6, 6.07) is 29.5. The van der Waals surface area contributed by atoms with Crippen molar-refractivity contribution >= 4 is 22.9 Å². The Bertz CT molecular complexity index is 1210. The van der Waals surface area contributed by atoms with Gasteiger partial charge in [0, 0.05) is 5.56 Å². The fourth-order valence-corrected chi connectivity index (χ4v) is 3.32. The molecule has 1 amide bonds. The third-order valence-corrected chi connectivity index (χ3v) is 4.90. The van der Waals surface area contributed by atoms with E-state index in [1.807, 2.05) is 67.6 Å². The number of benzene rings is 4. The molecule has 0 atom stereocenters. The van der Waals surface area contributed by atoms with E-state index < -0.39 is 0 Å².